The van der Waals surface area contributed by atoms with Crippen molar-refractivity contribution in [1.29, 1.82) is 0 Å². The lowest BCUT2D eigenvalue weighted by molar-refractivity contribution is -0.0458. The van der Waals surface area contributed by atoms with Crippen LogP contribution in [0.2, 0.25) is 0 Å². The number of nitrogens with zero attached hydrogens (tertiary/aromatic N) is 2. The summed E-state index contributed by atoms with van der Waals surface area (Å²) in [5.74, 6) is 0.147. The highest BCUT2D eigenvalue weighted by Gasteiger charge is 2.35. The fourth-order valence-corrected chi connectivity index (χ4v) is 2.77. The molecular formula is C16H19N3O4. The number of aromatic nitrogens is 2. The number of aryl methyl sites for hydroxylation is 1. The quantitative estimate of drug-likeness (QED) is 0.757. The van der Waals surface area contributed by atoms with Gasteiger partial charge >= 0.3 is 5.69 Å². The molecule has 1 aromatic carbocycles. The summed E-state index contributed by atoms with van der Waals surface area (Å²) in [6.45, 7) is 1.66. The van der Waals surface area contributed by atoms with Crippen molar-refractivity contribution in [1.82, 2.24) is 9.55 Å². The Labute approximate surface area is 133 Å². The van der Waals surface area contributed by atoms with Crippen LogP contribution in [0.5, 0.6) is 0 Å². The Morgan fingerprint density at radius 2 is 2.26 bits per heavy atom. The van der Waals surface area contributed by atoms with E-state index in [4.69, 9.17) is 15.6 Å². The van der Waals surface area contributed by atoms with Crippen LogP contribution in [-0.2, 0) is 4.74 Å². The van der Waals surface area contributed by atoms with Crippen LogP contribution < -0.4 is 11.4 Å². The summed E-state index contributed by atoms with van der Waals surface area (Å²) in [5.41, 5.74) is 7.89. The van der Waals surface area contributed by atoms with Crippen LogP contribution in [0.1, 0.15) is 18.2 Å². The van der Waals surface area contributed by atoms with Crippen LogP contribution >= 0.6 is 0 Å². The highest BCUT2D eigenvalue weighted by molar-refractivity contribution is 5.73. The SMILES string of the molecule is Cc1cccc(-c2cn([C@H]3C[C@H](O)[C@@H](CO)O3)c(=O)nc2N)c1. The van der Waals surface area contributed by atoms with E-state index in [0.717, 1.165) is 11.1 Å². The standard InChI is InChI=1S/C16H19N3O4/c1-9-3-2-4-10(5-9)11-7-19(16(22)18-15(11)17)14-6-12(21)13(8-20)23-14/h2-5,7,12-14,20-21H,6,8H2,1H3,(H2,17,18,22)/t12-,13+,14+/m0/s1. The predicted molar refractivity (Wildman–Crippen MR) is 84.7 cm³/mol. The van der Waals surface area contributed by atoms with Gasteiger partial charge in [0.05, 0.1) is 12.7 Å². The van der Waals surface area contributed by atoms with Crippen molar-refractivity contribution >= 4 is 5.82 Å². The zero-order valence-corrected chi connectivity index (χ0v) is 12.7. The molecule has 2 heterocycles. The molecule has 2 aromatic rings. The van der Waals surface area contributed by atoms with Crippen molar-refractivity contribution in [2.24, 2.45) is 0 Å². The first-order valence-corrected chi connectivity index (χ1v) is 7.39. The van der Waals surface area contributed by atoms with Gasteiger partial charge in [-0.2, -0.15) is 4.98 Å². The first-order chi connectivity index (χ1) is 11.0. The summed E-state index contributed by atoms with van der Waals surface area (Å²) in [7, 11) is 0. The Hall–Kier alpha value is -2.22. The molecule has 7 nitrogen and oxygen atoms in total. The number of aliphatic hydroxyl groups excluding tert-OH is 2. The summed E-state index contributed by atoms with van der Waals surface area (Å²) < 4.78 is 6.84. The lowest BCUT2D eigenvalue weighted by Crippen LogP contribution is -2.28. The fourth-order valence-electron chi connectivity index (χ4n) is 2.77. The van der Waals surface area contributed by atoms with Gasteiger partial charge in [0.1, 0.15) is 18.1 Å². The molecule has 1 aromatic heterocycles. The first kappa shape index (κ1) is 15.7. The number of hydrogen-bond donors (Lipinski definition) is 3. The van der Waals surface area contributed by atoms with E-state index in [-0.39, 0.29) is 18.8 Å². The third-order valence-corrected chi connectivity index (χ3v) is 4.00. The minimum absolute atomic E-state index is 0.147. The number of hydrogen-bond acceptors (Lipinski definition) is 6. The molecule has 0 radical (unpaired) electrons. The minimum Gasteiger partial charge on any atom is -0.394 e. The summed E-state index contributed by atoms with van der Waals surface area (Å²) in [6, 6.07) is 7.70. The van der Waals surface area contributed by atoms with E-state index in [1.165, 1.54) is 4.57 Å². The number of nitrogen functional groups attached to an aromatic ring is 1. The maximum Gasteiger partial charge on any atom is 0.351 e. The molecule has 4 N–H and O–H groups in total. The molecule has 1 aliphatic heterocycles. The third kappa shape index (κ3) is 2.98. The van der Waals surface area contributed by atoms with Gasteiger partial charge in [-0.05, 0) is 12.5 Å². The molecule has 1 aliphatic rings. The second-order valence-corrected chi connectivity index (χ2v) is 5.71. The molecule has 0 unspecified atom stereocenters. The van der Waals surface area contributed by atoms with E-state index >= 15 is 0 Å². The van der Waals surface area contributed by atoms with E-state index < -0.39 is 24.1 Å². The van der Waals surface area contributed by atoms with Crippen LogP contribution in [0.4, 0.5) is 5.82 Å². The van der Waals surface area contributed by atoms with Gasteiger partial charge in [0, 0.05) is 18.2 Å². The zero-order valence-electron chi connectivity index (χ0n) is 12.7. The van der Waals surface area contributed by atoms with Crippen molar-refractivity contribution < 1.29 is 14.9 Å². The fraction of sp³-hybridized carbons (Fsp3) is 0.375. The van der Waals surface area contributed by atoms with Crippen LogP contribution in [0, 0.1) is 6.92 Å². The van der Waals surface area contributed by atoms with Gasteiger partial charge in [0.15, 0.2) is 0 Å². The molecule has 1 fully saturated rings. The van der Waals surface area contributed by atoms with E-state index in [2.05, 4.69) is 4.98 Å². The predicted octanol–water partition coefficient (Wildman–Crippen LogP) is 0.442. The van der Waals surface area contributed by atoms with E-state index in [1.54, 1.807) is 6.20 Å². The molecule has 0 saturated carbocycles. The lowest BCUT2D eigenvalue weighted by Gasteiger charge is -2.16. The number of nitrogens with two attached hydrogens (primary N) is 1. The summed E-state index contributed by atoms with van der Waals surface area (Å²) in [4.78, 5) is 16.0. The summed E-state index contributed by atoms with van der Waals surface area (Å²) in [5, 5.41) is 19.0. The second-order valence-electron chi connectivity index (χ2n) is 5.71. The first-order valence-electron chi connectivity index (χ1n) is 7.39. The van der Waals surface area contributed by atoms with E-state index in [9.17, 15) is 9.90 Å². The maximum absolute atomic E-state index is 12.1. The van der Waals surface area contributed by atoms with Gasteiger partial charge in [0.2, 0.25) is 0 Å². The molecule has 0 aliphatic carbocycles. The number of aliphatic hydroxyl groups is 2. The zero-order chi connectivity index (χ0) is 16.6. The lowest BCUT2D eigenvalue weighted by atomic mass is 10.1. The van der Waals surface area contributed by atoms with Crippen molar-refractivity contribution in [2.45, 2.75) is 31.8 Å². The molecule has 3 rings (SSSR count). The molecule has 1 saturated heterocycles. The van der Waals surface area contributed by atoms with E-state index in [0.29, 0.717) is 5.56 Å². The van der Waals surface area contributed by atoms with Crippen LogP contribution in [0.3, 0.4) is 0 Å². The van der Waals surface area contributed by atoms with Gasteiger partial charge in [-0.15, -0.1) is 0 Å². The Kier molecular flexibility index (Phi) is 4.16. The molecular weight excluding hydrogens is 298 g/mol. The van der Waals surface area contributed by atoms with Crippen LogP contribution in [0.25, 0.3) is 11.1 Å². The number of rotatable bonds is 3. The average molecular weight is 317 g/mol. The smallest absolute Gasteiger partial charge is 0.351 e. The van der Waals surface area contributed by atoms with E-state index in [1.807, 2.05) is 31.2 Å². The van der Waals surface area contributed by atoms with Crippen molar-refractivity contribution in [3.63, 3.8) is 0 Å². The van der Waals surface area contributed by atoms with Crippen molar-refractivity contribution in [3.8, 4) is 11.1 Å². The number of anilines is 1. The number of benzene rings is 1. The minimum atomic E-state index is -0.822. The average Bonchev–Trinajstić information content (AvgIpc) is 2.88. The van der Waals surface area contributed by atoms with Gasteiger partial charge < -0.3 is 20.7 Å². The molecule has 0 amide bonds. The molecule has 23 heavy (non-hydrogen) atoms. The molecule has 0 spiro atoms. The topological polar surface area (TPSA) is 111 Å². The third-order valence-electron chi connectivity index (χ3n) is 4.00. The van der Waals surface area contributed by atoms with Gasteiger partial charge in [-0.3, -0.25) is 4.57 Å². The molecule has 7 heteroatoms. The Morgan fingerprint density at radius 1 is 1.48 bits per heavy atom. The monoisotopic (exact) mass is 317 g/mol. The van der Waals surface area contributed by atoms with Crippen molar-refractivity contribution in [3.05, 3.63) is 46.5 Å². The van der Waals surface area contributed by atoms with Crippen LogP contribution in [-0.4, -0.2) is 38.6 Å². The Bertz CT molecular complexity index is 774. The van der Waals surface area contributed by atoms with Gasteiger partial charge in [-0.1, -0.05) is 29.8 Å². The second kappa shape index (κ2) is 6.11. The Morgan fingerprint density at radius 3 is 2.91 bits per heavy atom. The largest absolute Gasteiger partial charge is 0.394 e. The summed E-state index contributed by atoms with van der Waals surface area (Å²) >= 11 is 0. The highest BCUT2D eigenvalue weighted by atomic mass is 16.5. The molecule has 0 bridgehead atoms. The maximum atomic E-state index is 12.1. The summed E-state index contributed by atoms with van der Waals surface area (Å²) in [6.07, 6.45) is -0.393. The van der Waals surface area contributed by atoms with Crippen LogP contribution in [0.15, 0.2) is 35.3 Å². The van der Waals surface area contributed by atoms with Gasteiger partial charge in [0.25, 0.3) is 0 Å². The molecule has 122 valence electrons. The highest BCUT2D eigenvalue weighted by Crippen LogP contribution is 2.30. The Balaban J connectivity index is 2.03. The van der Waals surface area contributed by atoms with Crippen molar-refractivity contribution in [2.75, 3.05) is 12.3 Å². The number of ether oxygens (including phenoxy) is 1. The normalized spacial score (nSPS) is 24.0. The molecule has 3 atom stereocenters. The van der Waals surface area contributed by atoms with Gasteiger partial charge in [-0.25, -0.2) is 4.79 Å².